The molecule has 1 heteroatoms. The third-order valence-electron chi connectivity index (χ3n) is 1.45. The van der Waals surface area contributed by atoms with E-state index in [4.69, 9.17) is 0 Å². The summed E-state index contributed by atoms with van der Waals surface area (Å²) in [5.41, 5.74) is 1.14. The lowest BCUT2D eigenvalue weighted by Crippen LogP contribution is -1.86. The molecular formula is C10H16O. The zero-order chi connectivity index (χ0) is 8.69. The maximum Gasteiger partial charge on any atom is 0.124 e. The van der Waals surface area contributed by atoms with Crippen LogP contribution in [0.2, 0.25) is 0 Å². The molecule has 0 radical (unpaired) electrons. The third-order valence-corrected chi connectivity index (χ3v) is 1.45. The highest BCUT2D eigenvalue weighted by atomic mass is 16.1. The molecule has 0 spiro atoms. The topological polar surface area (TPSA) is 17.1 Å². The summed E-state index contributed by atoms with van der Waals surface area (Å²) >= 11 is 0. The van der Waals surface area contributed by atoms with Crippen molar-refractivity contribution in [1.82, 2.24) is 0 Å². The average molecular weight is 152 g/mol. The van der Waals surface area contributed by atoms with E-state index < -0.39 is 0 Å². The van der Waals surface area contributed by atoms with Crippen LogP contribution in [-0.4, -0.2) is 6.29 Å². The Morgan fingerprint density at radius 2 is 2.18 bits per heavy atom. The van der Waals surface area contributed by atoms with E-state index in [1.165, 1.54) is 0 Å². The Hall–Kier alpha value is -0.850. The molecule has 0 N–H and O–H groups in total. The van der Waals surface area contributed by atoms with Crippen molar-refractivity contribution >= 4 is 6.29 Å². The number of aldehydes is 1. The molecule has 1 atom stereocenters. The van der Waals surface area contributed by atoms with Crippen LogP contribution in [0.5, 0.6) is 0 Å². The molecule has 0 bridgehead atoms. The van der Waals surface area contributed by atoms with Gasteiger partial charge in [0.2, 0.25) is 0 Å². The van der Waals surface area contributed by atoms with Gasteiger partial charge in [-0.1, -0.05) is 30.7 Å². The minimum Gasteiger partial charge on any atom is -0.303 e. The highest BCUT2D eigenvalue weighted by Crippen LogP contribution is 2.06. The van der Waals surface area contributed by atoms with Crippen LogP contribution < -0.4 is 0 Å². The van der Waals surface area contributed by atoms with Crippen LogP contribution in [0.25, 0.3) is 0 Å². The van der Waals surface area contributed by atoms with Crippen molar-refractivity contribution in [2.45, 2.75) is 27.2 Å². The summed E-state index contributed by atoms with van der Waals surface area (Å²) in [5, 5.41) is 0. The molecule has 0 aliphatic carbocycles. The minimum atomic E-state index is 0.444. The van der Waals surface area contributed by atoms with Gasteiger partial charge in [-0.3, -0.25) is 0 Å². The summed E-state index contributed by atoms with van der Waals surface area (Å²) in [6, 6.07) is 0. The van der Waals surface area contributed by atoms with Crippen LogP contribution in [0.4, 0.5) is 0 Å². The van der Waals surface area contributed by atoms with Gasteiger partial charge in [0.05, 0.1) is 0 Å². The summed E-state index contributed by atoms with van der Waals surface area (Å²) < 4.78 is 0. The predicted molar refractivity (Wildman–Crippen MR) is 48.4 cm³/mol. The highest BCUT2D eigenvalue weighted by molar-refractivity contribution is 5.53. The lowest BCUT2D eigenvalue weighted by Gasteiger charge is -1.99. The van der Waals surface area contributed by atoms with E-state index in [9.17, 15) is 4.79 Å². The molecule has 0 amide bonds. The number of hydrogen-bond acceptors (Lipinski definition) is 1. The SMILES string of the molecule is C/C=C/C(C)/C=C(\C)CC=O. The van der Waals surface area contributed by atoms with E-state index >= 15 is 0 Å². The van der Waals surface area contributed by atoms with Crippen molar-refractivity contribution in [2.75, 3.05) is 0 Å². The van der Waals surface area contributed by atoms with Gasteiger partial charge in [0.25, 0.3) is 0 Å². The zero-order valence-electron chi connectivity index (χ0n) is 7.50. The van der Waals surface area contributed by atoms with Crippen molar-refractivity contribution < 1.29 is 4.79 Å². The fourth-order valence-electron chi connectivity index (χ4n) is 1.01. The average Bonchev–Trinajstić information content (AvgIpc) is 1.87. The van der Waals surface area contributed by atoms with Crippen LogP contribution in [0.15, 0.2) is 23.8 Å². The smallest absolute Gasteiger partial charge is 0.124 e. The van der Waals surface area contributed by atoms with Gasteiger partial charge in [0.15, 0.2) is 0 Å². The molecule has 11 heavy (non-hydrogen) atoms. The molecule has 1 unspecified atom stereocenters. The van der Waals surface area contributed by atoms with Crippen molar-refractivity contribution in [2.24, 2.45) is 5.92 Å². The van der Waals surface area contributed by atoms with E-state index in [-0.39, 0.29) is 0 Å². The van der Waals surface area contributed by atoms with Crippen LogP contribution >= 0.6 is 0 Å². The number of rotatable bonds is 4. The van der Waals surface area contributed by atoms with Gasteiger partial charge in [-0.05, 0) is 19.8 Å². The van der Waals surface area contributed by atoms with E-state index in [1.54, 1.807) is 0 Å². The van der Waals surface area contributed by atoms with Crippen molar-refractivity contribution in [3.05, 3.63) is 23.8 Å². The van der Waals surface area contributed by atoms with E-state index in [2.05, 4.69) is 19.1 Å². The first-order chi connectivity index (χ1) is 5.20. The molecule has 0 aromatic heterocycles. The van der Waals surface area contributed by atoms with Crippen LogP contribution in [0, 0.1) is 5.92 Å². The first kappa shape index (κ1) is 10.2. The van der Waals surface area contributed by atoms with Gasteiger partial charge >= 0.3 is 0 Å². The Morgan fingerprint density at radius 3 is 2.64 bits per heavy atom. The van der Waals surface area contributed by atoms with Gasteiger partial charge in [-0.25, -0.2) is 0 Å². The molecule has 1 nitrogen and oxygen atoms in total. The molecule has 0 heterocycles. The maximum absolute atomic E-state index is 10.1. The van der Waals surface area contributed by atoms with E-state index in [1.807, 2.05) is 19.9 Å². The highest BCUT2D eigenvalue weighted by Gasteiger charge is 1.92. The number of allylic oxidation sites excluding steroid dienone is 4. The van der Waals surface area contributed by atoms with Crippen LogP contribution in [0.1, 0.15) is 27.2 Å². The Bertz CT molecular complexity index is 166. The lowest BCUT2D eigenvalue weighted by atomic mass is 10.1. The molecular weight excluding hydrogens is 136 g/mol. The largest absolute Gasteiger partial charge is 0.303 e. The molecule has 0 aromatic rings. The Kier molecular flexibility index (Phi) is 5.44. The Labute approximate surface area is 68.8 Å². The Morgan fingerprint density at radius 1 is 1.55 bits per heavy atom. The zero-order valence-corrected chi connectivity index (χ0v) is 7.50. The summed E-state index contributed by atoms with van der Waals surface area (Å²) in [6.07, 6.45) is 7.73. The fraction of sp³-hybridized carbons (Fsp3) is 0.500. The summed E-state index contributed by atoms with van der Waals surface area (Å²) in [4.78, 5) is 10.1. The number of hydrogen-bond donors (Lipinski definition) is 0. The summed E-state index contributed by atoms with van der Waals surface area (Å²) in [6.45, 7) is 6.09. The standard InChI is InChI=1S/C10H16O/c1-4-5-9(2)8-10(3)6-7-11/h4-5,7-9H,6H2,1-3H3/b5-4+,10-8+. The quantitative estimate of drug-likeness (QED) is 0.447. The molecule has 0 fully saturated rings. The lowest BCUT2D eigenvalue weighted by molar-refractivity contribution is -0.107. The van der Waals surface area contributed by atoms with Gasteiger partial charge < -0.3 is 4.79 Å². The normalized spacial score (nSPS) is 15.4. The molecule has 0 saturated heterocycles. The molecule has 0 saturated carbocycles. The predicted octanol–water partition coefficient (Wildman–Crippen LogP) is 2.73. The molecule has 0 aliphatic rings. The van der Waals surface area contributed by atoms with Gasteiger partial charge in [0.1, 0.15) is 6.29 Å². The second-order valence-electron chi connectivity index (χ2n) is 2.77. The second kappa shape index (κ2) is 5.90. The van der Waals surface area contributed by atoms with Crippen molar-refractivity contribution in [3.8, 4) is 0 Å². The number of carbonyl (C=O) groups is 1. The van der Waals surface area contributed by atoms with Gasteiger partial charge in [-0.15, -0.1) is 0 Å². The summed E-state index contributed by atoms with van der Waals surface area (Å²) in [5.74, 6) is 0.444. The van der Waals surface area contributed by atoms with Gasteiger partial charge in [-0.2, -0.15) is 0 Å². The van der Waals surface area contributed by atoms with E-state index in [0.717, 1.165) is 11.9 Å². The minimum absolute atomic E-state index is 0.444. The van der Waals surface area contributed by atoms with Crippen LogP contribution in [0.3, 0.4) is 0 Å². The van der Waals surface area contributed by atoms with Crippen molar-refractivity contribution in [1.29, 1.82) is 0 Å². The third kappa shape index (κ3) is 5.59. The maximum atomic E-state index is 10.1. The Balaban J connectivity index is 3.95. The van der Waals surface area contributed by atoms with E-state index in [0.29, 0.717) is 12.3 Å². The van der Waals surface area contributed by atoms with Crippen molar-refractivity contribution in [3.63, 3.8) is 0 Å². The molecule has 62 valence electrons. The molecule has 0 aliphatic heterocycles. The molecule has 0 aromatic carbocycles. The van der Waals surface area contributed by atoms with Crippen LogP contribution in [-0.2, 0) is 4.79 Å². The first-order valence-electron chi connectivity index (χ1n) is 3.94. The fourth-order valence-corrected chi connectivity index (χ4v) is 1.01. The molecule has 0 rings (SSSR count). The first-order valence-corrected chi connectivity index (χ1v) is 3.94. The summed E-state index contributed by atoms with van der Waals surface area (Å²) in [7, 11) is 0. The second-order valence-corrected chi connectivity index (χ2v) is 2.77. The van der Waals surface area contributed by atoms with Gasteiger partial charge in [0, 0.05) is 6.42 Å². The monoisotopic (exact) mass is 152 g/mol. The number of carbonyl (C=O) groups excluding carboxylic acids is 1.